The van der Waals surface area contributed by atoms with E-state index in [1.807, 2.05) is 30.1 Å². The van der Waals surface area contributed by atoms with E-state index in [1.165, 1.54) is 0 Å². The van der Waals surface area contributed by atoms with Gasteiger partial charge in [-0.1, -0.05) is 15.9 Å². The van der Waals surface area contributed by atoms with Crippen LogP contribution < -0.4 is 9.64 Å². The number of halogens is 1. The molecule has 4 nitrogen and oxygen atoms in total. The fraction of sp³-hybridized carbons (Fsp3) is 0.462. The van der Waals surface area contributed by atoms with Crippen LogP contribution in [0.25, 0.3) is 0 Å². The summed E-state index contributed by atoms with van der Waals surface area (Å²) in [5.41, 5.74) is 0.0448. The van der Waals surface area contributed by atoms with Crippen molar-refractivity contribution < 1.29 is 14.6 Å². The van der Waals surface area contributed by atoms with Crippen molar-refractivity contribution in [3.8, 4) is 5.75 Å². The van der Waals surface area contributed by atoms with Crippen LogP contribution in [0, 0.1) is 5.41 Å². The van der Waals surface area contributed by atoms with E-state index < -0.39 is 11.4 Å². The monoisotopic (exact) mass is 315 g/mol. The van der Waals surface area contributed by atoms with Crippen LogP contribution in [0.2, 0.25) is 0 Å². The molecule has 0 aliphatic heterocycles. The van der Waals surface area contributed by atoms with Crippen LogP contribution in [0.1, 0.15) is 13.8 Å². The minimum Gasteiger partial charge on any atom is -0.495 e. The van der Waals surface area contributed by atoms with E-state index in [2.05, 4.69) is 15.9 Å². The van der Waals surface area contributed by atoms with Gasteiger partial charge in [-0.2, -0.15) is 0 Å². The highest BCUT2D eigenvalue weighted by Crippen LogP contribution is 2.32. The molecule has 0 unspecified atom stereocenters. The van der Waals surface area contributed by atoms with Crippen molar-refractivity contribution in [3.05, 3.63) is 22.7 Å². The van der Waals surface area contributed by atoms with E-state index in [9.17, 15) is 4.79 Å². The summed E-state index contributed by atoms with van der Waals surface area (Å²) in [6.07, 6.45) is 0. The Morgan fingerprint density at radius 1 is 1.50 bits per heavy atom. The molecule has 1 N–H and O–H groups in total. The average Bonchev–Trinajstić information content (AvgIpc) is 2.28. The molecule has 0 amide bonds. The first-order valence-electron chi connectivity index (χ1n) is 5.56. The third kappa shape index (κ3) is 3.38. The molecule has 0 saturated heterocycles. The van der Waals surface area contributed by atoms with Crippen LogP contribution in [0.15, 0.2) is 22.7 Å². The molecule has 0 spiro atoms. The van der Waals surface area contributed by atoms with Gasteiger partial charge in [-0.3, -0.25) is 4.79 Å². The highest BCUT2D eigenvalue weighted by molar-refractivity contribution is 9.10. The number of rotatable bonds is 5. The van der Waals surface area contributed by atoms with Gasteiger partial charge in [0.15, 0.2) is 0 Å². The summed E-state index contributed by atoms with van der Waals surface area (Å²) in [6, 6.07) is 5.65. The topological polar surface area (TPSA) is 49.8 Å². The summed E-state index contributed by atoms with van der Waals surface area (Å²) in [5.74, 6) is -0.0924. The Morgan fingerprint density at radius 3 is 2.61 bits per heavy atom. The van der Waals surface area contributed by atoms with E-state index in [4.69, 9.17) is 9.84 Å². The molecule has 0 fully saturated rings. The van der Waals surface area contributed by atoms with Crippen LogP contribution in [0.5, 0.6) is 5.75 Å². The maximum Gasteiger partial charge on any atom is 0.310 e. The molecule has 1 aromatic carbocycles. The van der Waals surface area contributed by atoms with Crippen molar-refractivity contribution in [2.75, 3.05) is 25.6 Å². The Balaban J connectivity index is 3.00. The zero-order valence-corrected chi connectivity index (χ0v) is 12.6. The smallest absolute Gasteiger partial charge is 0.310 e. The number of carbonyl (C=O) groups is 1. The fourth-order valence-electron chi connectivity index (χ4n) is 1.71. The van der Waals surface area contributed by atoms with Gasteiger partial charge in [-0.05, 0) is 32.0 Å². The number of carboxylic acids is 1. The van der Waals surface area contributed by atoms with Gasteiger partial charge in [0.25, 0.3) is 0 Å². The second-order valence-electron chi connectivity index (χ2n) is 4.86. The summed E-state index contributed by atoms with van der Waals surface area (Å²) in [4.78, 5) is 13.0. The summed E-state index contributed by atoms with van der Waals surface area (Å²) in [7, 11) is 3.46. The molecule has 1 rings (SSSR count). The molecule has 0 atom stereocenters. The van der Waals surface area contributed by atoms with Crippen molar-refractivity contribution in [1.29, 1.82) is 0 Å². The maximum absolute atomic E-state index is 11.1. The van der Waals surface area contributed by atoms with Crippen molar-refractivity contribution in [2.24, 2.45) is 5.41 Å². The largest absolute Gasteiger partial charge is 0.495 e. The standard InChI is InChI=1S/C13H18BrNO3/c1-13(2,12(16)17)8-15(3)10-7-9(14)5-6-11(10)18-4/h5-7H,8H2,1-4H3,(H,16,17). The van der Waals surface area contributed by atoms with Crippen molar-refractivity contribution in [1.82, 2.24) is 0 Å². The Hall–Kier alpha value is -1.23. The molecule has 0 aromatic heterocycles. The van der Waals surface area contributed by atoms with Crippen LogP contribution in [0.4, 0.5) is 5.69 Å². The van der Waals surface area contributed by atoms with E-state index >= 15 is 0 Å². The minimum absolute atomic E-state index is 0.398. The van der Waals surface area contributed by atoms with Crippen LogP contribution in [0.3, 0.4) is 0 Å². The number of anilines is 1. The normalized spacial score (nSPS) is 11.2. The van der Waals surface area contributed by atoms with E-state index in [0.717, 1.165) is 15.9 Å². The van der Waals surface area contributed by atoms with E-state index in [0.29, 0.717) is 6.54 Å². The van der Waals surface area contributed by atoms with Crippen molar-refractivity contribution >= 4 is 27.6 Å². The lowest BCUT2D eigenvalue weighted by Gasteiger charge is -2.29. The van der Waals surface area contributed by atoms with Crippen LogP contribution in [-0.4, -0.2) is 31.8 Å². The summed E-state index contributed by atoms with van der Waals surface area (Å²) < 4.78 is 6.22. The Bertz CT molecular complexity index is 446. The van der Waals surface area contributed by atoms with Crippen molar-refractivity contribution in [2.45, 2.75) is 13.8 Å². The molecular formula is C13H18BrNO3. The van der Waals surface area contributed by atoms with Gasteiger partial charge >= 0.3 is 5.97 Å². The number of nitrogens with zero attached hydrogens (tertiary/aromatic N) is 1. The van der Waals surface area contributed by atoms with Gasteiger partial charge in [0.05, 0.1) is 18.2 Å². The molecule has 0 aliphatic rings. The Labute approximate surface area is 116 Å². The fourth-order valence-corrected chi connectivity index (χ4v) is 2.06. The van der Waals surface area contributed by atoms with E-state index in [-0.39, 0.29) is 0 Å². The third-order valence-corrected chi connectivity index (χ3v) is 3.26. The third-order valence-electron chi connectivity index (χ3n) is 2.76. The Kier molecular flexibility index (Phi) is 4.62. The van der Waals surface area contributed by atoms with Gasteiger partial charge in [-0.15, -0.1) is 0 Å². The Morgan fingerprint density at radius 2 is 2.11 bits per heavy atom. The quantitative estimate of drug-likeness (QED) is 0.907. The number of ether oxygens (including phenoxy) is 1. The number of aliphatic carboxylic acids is 1. The molecule has 100 valence electrons. The summed E-state index contributed by atoms with van der Waals surface area (Å²) in [6.45, 7) is 3.81. The highest BCUT2D eigenvalue weighted by atomic mass is 79.9. The van der Waals surface area contributed by atoms with Crippen LogP contribution >= 0.6 is 15.9 Å². The van der Waals surface area contributed by atoms with Gasteiger partial charge in [0, 0.05) is 18.1 Å². The molecule has 1 aromatic rings. The molecule has 0 aliphatic carbocycles. The van der Waals surface area contributed by atoms with Gasteiger partial charge in [0.1, 0.15) is 5.75 Å². The number of hydrogen-bond donors (Lipinski definition) is 1. The molecular weight excluding hydrogens is 298 g/mol. The maximum atomic E-state index is 11.1. The molecule has 0 saturated carbocycles. The van der Waals surface area contributed by atoms with Gasteiger partial charge in [-0.25, -0.2) is 0 Å². The highest BCUT2D eigenvalue weighted by Gasteiger charge is 2.29. The number of carboxylic acid groups (broad SMARTS) is 1. The zero-order chi connectivity index (χ0) is 13.9. The first-order valence-corrected chi connectivity index (χ1v) is 6.35. The molecule has 0 bridgehead atoms. The molecule has 5 heteroatoms. The van der Waals surface area contributed by atoms with Gasteiger partial charge in [0.2, 0.25) is 0 Å². The lowest BCUT2D eigenvalue weighted by atomic mass is 9.93. The zero-order valence-electron chi connectivity index (χ0n) is 11.0. The summed E-state index contributed by atoms with van der Waals surface area (Å²) in [5, 5.41) is 9.15. The SMILES string of the molecule is COc1ccc(Br)cc1N(C)CC(C)(C)C(=O)O. The minimum atomic E-state index is -0.817. The van der Waals surface area contributed by atoms with E-state index in [1.54, 1.807) is 21.0 Å². The lowest BCUT2D eigenvalue weighted by molar-refractivity contribution is -0.146. The number of methoxy groups -OCH3 is 1. The predicted octanol–water partition coefficient (Wildman–Crippen LogP) is 3.00. The molecule has 18 heavy (non-hydrogen) atoms. The second kappa shape index (κ2) is 5.61. The van der Waals surface area contributed by atoms with Crippen LogP contribution in [-0.2, 0) is 4.79 Å². The van der Waals surface area contributed by atoms with Gasteiger partial charge < -0.3 is 14.7 Å². The predicted molar refractivity (Wildman–Crippen MR) is 75.4 cm³/mol. The van der Waals surface area contributed by atoms with Crippen molar-refractivity contribution in [3.63, 3.8) is 0 Å². The molecule has 0 heterocycles. The number of hydrogen-bond acceptors (Lipinski definition) is 3. The molecule has 0 radical (unpaired) electrons. The average molecular weight is 316 g/mol. The first-order chi connectivity index (χ1) is 8.27. The first kappa shape index (κ1) is 14.8. The second-order valence-corrected chi connectivity index (χ2v) is 5.78. The number of benzene rings is 1. The lowest BCUT2D eigenvalue weighted by Crippen LogP contribution is -2.37. The summed E-state index contributed by atoms with van der Waals surface area (Å²) >= 11 is 3.40.